The average molecular weight is 113 g/mol. The van der Waals surface area contributed by atoms with E-state index in [-0.39, 0.29) is 0 Å². The zero-order valence-electron chi connectivity index (χ0n) is 6.15. The van der Waals surface area contributed by atoms with Crippen LogP contribution in [-0.2, 0) is 0 Å². The van der Waals surface area contributed by atoms with Crippen LogP contribution in [0.2, 0.25) is 0 Å². The molecule has 1 rings (SSSR count). The quantitative estimate of drug-likeness (QED) is 0.472. The molecule has 0 aromatic rings. The minimum Gasteiger partial charge on any atom is -0.389 e. The van der Waals surface area contributed by atoms with E-state index in [2.05, 4.69) is 0 Å². The zero-order valence-corrected chi connectivity index (χ0v) is 5.15. The van der Waals surface area contributed by atoms with E-state index in [1.165, 1.54) is 0 Å². The van der Waals surface area contributed by atoms with Crippen molar-refractivity contribution in [2.24, 2.45) is 0 Å². The third-order valence-corrected chi connectivity index (χ3v) is 1.44. The van der Waals surface area contributed by atoms with Crippen molar-refractivity contribution in [2.75, 3.05) is 0 Å². The molecule has 1 heteroatoms. The lowest BCUT2D eigenvalue weighted by Crippen LogP contribution is -2.07. The fraction of sp³-hybridized carbons (Fsp3) is 0.714. The van der Waals surface area contributed by atoms with Crippen LogP contribution in [0.25, 0.3) is 0 Å². The molecule has 0 amide bonds. The third kappa shape index (κ3) is 1.34. The van der Waals surface area contributed by atoms with Gasteiger partial charge in [-0.15, -0.1) is 0 Å². The highest BCUT2D eigenvalue weighted by Gasteiger charge is 2.05. The Morgan fingerprint density at radius 3 is 3.25 bits per heavy atom. The molecular weight excluding hydrogens is 100 g/mol. The Morgan fingerprint density at radius 1 is 2.00 bits per heavy atom. The molecular formula is C7H12O. The molecule has 0 unspecified atom stereocenters. The summed E-state index contributed by atoms with van der Waals surface area (Å²) in [6, 6.07) is 0.446. The Balaban J connectivity index is 2.72. The number of hydrogen-bond acceptors (Lipinski definition) is 1. The summed E-state index contributed by atoms with van der Waals surface area (Å²) in [5.41, 5.74) is 1.05. The van der Waals surface area contributed by atoms with Crippen LogP contribution >= 0.6 is 0 Å². The molecule has 0 fully saturated rings. The summed E-state index contributed by atoms with van der Waals surface area (Å²) in [7, 11) is 0. The maximum absolute atomic E-state index is 9.10. The van der Waals surface area contributed by atoms with E-state index in [9.17, 15) is 0 Å². The van der Waals surface area contributed by atoms with E-state index in [1.54, 1.807) is 0 Å². The first-order chi connectivity index (χ1) is 4.22. The molecule has 0 radical (unpaired) electrons. The van der Waals surface area contributed by atoms with E-state index in [0.29, 0.717) is 6.05 Å². The Morgan fingerprint density at radius 2 is 2.75 bits per heavy atom. The standard InChI is InChI=1S/C7H12O/c1-6-3-2-4-7(8)5-6/h5,7-8H,2-4H2,1H3/t7-/m0/s1/i5D. The maximum atomic E-state index is 9.10. The molecule has 0 heterocycles. The van der Waals surface area contributed by atoms with Gasteiger partial charge >= 0.3 is 0 Å². The van der Waals surface area contributed by atoms with Gasteiger partial charge in [0, 0.05) is 0 Å². The van der Waals surface area contributed by atoms with Gasteiger partial charge in [-0.3, -0.25) is 0 Å². The van der Waals surface area contributed by atoms with Crippen LogP contribution in [-0.4, -0.2) is 11.2 Å². The molecule has 0 spiro atoms. The molecule has 1 atom stereocenters. The maximum Gasteiger partial charge on any atom is 0.0723 e. The number of rotatable bonds is 0. The number of aliphatic hydroxyl groups is 1. The largest absolute Gasteiger partial charge is 0.389 e. The van der Waals surface area contributed by atoms with Gasteiger partial charge in [0.2, 0.25) is 0 Å². The van der Waals surface area contributed by atoms with Gasteiger partial charge in [-0.25, -0.2) is 0 Å². The van der Waals surface area contributed by atoms with Gasteiger partial charge in [0.05, 0.1) is 7.47 Å². The van der Waals surface area contributed by atoms with Crippen molar-refractivity contribution in [3.05, 3.63) is 11.6 Å². The monoisotopic (exact) mass is 113 g/mol. The molecule has 0 aromatic heterocycles. The second-order valence-corrected chi connectivity index (χ2v) is 2.33. The van der Waals surface area contributed by atoms with Crippen molar-refractivity contribution in [3.63, 3.8) is 0 Å². The van der Waals surface area contributed by atoms with Gasteiger partial charge in [0.15, 0.2) is 0 Å². The fourth-order valence-electron chi connectivity index (χ4n) is 0.989. The predicted octanol–water partition coefficient (Wildman–Crippen LogP) is 1.48. The molecule has 1 aliphatic rings. The first kappa shape index (κ1) is 4.57. The second kappa shape index (κ2) is 2.31. The molecule has 1 N–H and O–H groups in total. The normalized spacial score (nSPS) is 32.8. The molecule has 0 saturated carbocycles. The fourth-order valence-corrected chi connectivity index (χ4v) is 0.989. The van der Waals surface area contributed by atoms with E-state index in [4.69, 9.17) is 6.48 Å². The highest BCUT2D eigenvalue weighted by Crippen LogP contribution is 2.16. The second-order valence-electron chi connectivity index (χ2n) is 2.33. The lowest BCUT2D eigenvalue weighted by Gasteiger charge is -2.12. The van der Waals surface area contributed by atoms with Crippen molar-refractivity contribution in [2.45, 2.75) is 32.3 Å². The summed E-state index contributed by atoms with van der Waals surface area (Å²) in [5, 5.41) is 9.10. The van der Waals surface area contributed by atoms with E-state index >= 15 is 0 Å². The lowest BCUT2D eigenvalue weighted by atomic mass is 9.99. The molecule has 0 aromatic carbocycles. The van der Waals surface area contributed by atoms with Gasteiger partial charge < -0.3 is 5.11 Å². The van der Waals surface area contributed by atoms with Crippen molar-refractivity contribution in [1.29, 1.82) is 0 Å². The molecule has 8 heavy (non-hydrogen) atoms. The number of allylic oxidation sites excluding steroid dienone is 1. The lowest BCUT2D eigenvalue weighted by molar-refractivity contribution is 0.202. The van der Waals surface area contributed by atoms with Crippen LogP contribution in [0.1, 0.15) is 27.6 Å². The summed E-state index contributed by atoms with van der Waals surface area (Å²) in [5.74, 6) is 0. The Hall–Kier alpha value is -0.300. The minimum absolute atomic E-state index is 0.446. The smallest absolute Gasteiger partial charge is 0.0723 e. The summed E-state index contributed by atoms with van der Waals surface area (Å²) in [6.07, 6.45) is 2.33. The number of aliphatic hydroxyl groups excluding tert-OH is 1. The van der Waals surface area contributed by atoms with Crippen molar-refractivity contribution >= 4 is 0 Å². The average Bonchev–Trinajstić information content (AvgIpc) is 1.83. The topological polar surface area (TPSA) is 20.2 Å². The molecule has 46 valence electrons. The van der Waals surface area contributed by atoms with E-state index in [1.807, 2.05) is 6.92 Å². The van der Waals surface area contributed by atoms with Crippen LogP contribution in [0.3, 0.4) is 0 Å². The summed E-state index contributed by atoms with van der Waals surface area (Å²) in [6.45, 7) is 1.92. The highest BCUT2D eigenvalue weighted by atomic mass is 16.3. The Kier molecular flexibility index (Phi) is 1.32. The Labute approximate surface area is 51.4 Å². The van der Waals surface area contributed by atoms with E-state index in [0.717, 1.165) is 24.8 Å². The van der Waals surface area contributed by atoms with Crippen LogP contribution in [0.5, 0.6) is 0 Å². The van der Waals surface area contributed by atoms with Crippen LogP contribution in [0.15, 0.2) is 11.6 Å². The third-order valence-electron chi connectivity index (χ3n) is 1.44. The highest BCUT2D eigenvalue weighted by molar-refractivity contribution is 5.04. The van der Waals surface area contributed by atoms with Crippen LogP contribution < -0.4 is 0 Å². The SMILES string of the molecule is [2H]C1=C(C)CCC[C@@H]1O. The van der Waals surface area contributed by atoms with Crippen LogP contribution in [0, 0.1) is 0 Å². The first-order valence-electron chi connectivity index (χ1n) is 3.56. The van der Waals surface area contributed by atoms with Crippen LogP contribution in [0.4, 0.5) is 0 Å². The molecule has 0 bridgehead atoms. The van der Waals surface area contributed by atoms with Crippen molar-refractivity contribution in [1.82, 2.24) is 0 Å². The molecule has 0 saturated heterocycles. The summed E-state index contributed by atoms with van der Waals surface area (Å²) < 4.78 is 7.31. The summed E-state index contributed by atoms with van der Waals surface area (Å²) in [4.78, 5) is 0. The van der Waals surface area contributed by atoms with Gasteiger partial charge in [0.1, 0.15) is 0 Å². The van der Waals surface area contributed by atoms with Crippen molar-refractivity contribution in [3.8, 4) is 0 Å². The van der Waals surface area contributed by atoms with E-state index < -0.39 is 6.10 Å². The molecule has 0 aliphatic heterocycles. The number of hydrogen-bond donors (Lipinski definition) is 1. The summed E-state index contributed by atoms with van der Waals surface area (Å²) >= 11 is 0. The first-order valence-corrected chi connectivity index (χ1v) is 3.06. The Bertz CT molecular complexity index is 140. The molecule has 1 nitrogen and oxygen atoms in total. The van der Waals surface area contributed by atoms with Gasteiger partial charge in [-0.05, 0) is 26.2 Å². The van der Waals surface area contributed by atoms with Gasteiger partial charge in [-0.1, -0.05) is 11.6 Å². The van der Waals surface area contributed by atoms with Gasteiger partial charge in [-0.2, -0.15) is 0 Å². The zero-order chi connectivity index (χ0) is 6.85. The van der Waals surface area contributed by atoms with Gasteiger partial charge in [0.25, 0.3) is 0 Å². The minimum atomic E-state index is -0.473. The molecule has 1 aliphatic carbocycles. The predicted molar refractivity (Wildman–Crippen MR) is 33.6 cm³/mol. The van der Waals surface area contributed by atoms with Crippen molar-refractivity contribution < 1.29 is 6.48 Å².